The number of ether oxygens (including phenoxy) is 1. The van der Waals surface area contributed by atoms with E-state index in [4.69, 9.17) is 4.74 Å². The molecule has 0 amide bonds. The van der Waals surface area contributed by atoms with Crippen molar-refractivity contribution >= 4 is 33.4 Å². The van der Waals surface area contributed by atoms with Crippen LogP contribution in [-0.4, -0.2) is 7.05 Å². The largest absolute Gasteiger partial charge is 0.456 e. The molecule has 0 atom stereocenters. The third kappa shape index (κ3) is 13.0. The van der Waals surface area contributed by atoms with Gasteiger partial charge in [-0.05, 0) is 132 Å². The molecule has 62 heavy (non-hydrogen) atoms. The quantitative estimate of drug-likeness (QED) is 0.134. The molecule has 0 spiro atoms. The Bertz CT molecular complexity index is 2490. The molecule has 2 nitrogen and oxygen atoms in total. The van der Waals surface area contributed by atoms with E-state index in [1.54, 1.807) is 12.2 Å². The summed E-state index contributed by atoms with van der Waals surface area (Å²) in [5.74, 6) is 1.66. The van der Waals surface area contributed by atoms with Gasteiger partial charge in [-0.1, -0.05) is 192 Å². The van der Waals surface area contributed by atoms with Crippen molar-refractivity contribution < 1.29 is 4.74 Å². The van der Waals surface area contributed by atoms with Crippen molar-refractivity contribution in [2.45, 2.75) is 53.9 Å². The summed E-state index contributed by atoms with van der Waals surface area (Å²) in [7, 11) is 1.91. The lowest BCUT2D eigenvalue weighted by Gasteiger charge is -2.25. The van der Waals surface area contributed by atoms with Crippen molar-refractivity contribution in [3.05, 3.63) is 260 Å². The standard InChI is InChI=1S/C26H26.C19H17NO.C11H14.C4H8/c1-5-9-22-23-15-14-21(17-25(23)26(3,4)24(22)6-2)20-13-12-18-10-7-8-11-19(18)16-20;1-14-6-5-9-18(15-10-12-16(20-2)13-11-15)21-19-8-4-3-7-17(14)19;1-3-5-7-9-11-10-8-6-4-2;1-3-4-2/h5-13,16-17H,1,14-15H2,2-4H3;3-13,20H,1H2,2H3;3-9,11H,1-2,10H2;3-4H,1-2H3/b22-9-,24-6+;6-5-,18-9-;7-5-,8-6+,11-9-;4-3-. The molecule has 4 aromatic carbocycles. The Balaban J connectivity index is 0.000000210. The lowest BCUT2D eigenvalue weighted by atomic mass is 9.78. The van der Waals surface area contributed by atoms with E-state index in [1.807, 2.05) is 136 Å². The molecule has 7 rings (SSSR count). The normalized spacial score (nSPS) is 17.9. The maximum absolute atomic E-state index is 6.10. The van der Waals surface area contributed by atoms with Crippen LogP contribution >= 0.6 is 0 Å². The van der Waals surface area contributed by atoms with Crippen LogP contribution in [0.5, 0.6) is 5.75 Å². The van der Waals surface area contributed by atoms with Crippen LogP contribution in [0.2, 0.25) is 0 Å². The summed E-state index contributed by atoms with van der Waals surface area (Å²) in [4.78, 5) is 0. The second kappa shape index (κ2) is 25.0. The van der Waals surface area contributed by atoms with Gasteiger partial charge in [-0.25, -0.2) is 0 Å². The zero-order chi connectivity index (χ0) is 44.7. The maximum atomic E-state index is 6.10. The summed E-state index contributed by atoms with van der Waals surface area (Å²) in [6.07, 6.45) is 37.4. The predicted molar refractivity (Wildman–Crippen MR) is 276 cm³/mol. The van der Waals surface area contributed by atoms with E-state index in [1.165, 1.54) is 44.2 Å². The first-order valence-electron chi connectivity index (χ1n) is 21.5. The highest BCUT2D eigenvalue weighted by Crippen LogP contribution is 2.54. The lowest BCUT2D eigenvalue weighted by molar-refractivity contribution is 0.513. The van der Waals surface area contributed by atoms with Crippen molar-refractivity contribution in [2.24, 2.45) is 5.41 Å². The molecule has 1 N–H and O–H groups in total. The lowest BCUT2D eigenvalue weighted by Crippen LogP contribution is -2.13. The number of allylic oxidation sites excluding steroid dienone is 23. The number of hydrogen-bond acceptors (Lipinski definition) is 2. The zero-order valence-electron chi connectivity index (χ0n) is 37.8. The maximum Gasteiger partial charge on any atom is 0.135 e. The molecule has 0 saturated heterocycles. The number of para-hydroxylation sites is 1. The average molecular weight is 816 g/mol. The van der Waals surface area contributed by atoms with E-state index < -0.39 is 0 Å². The van der Waals surface area contributed by atoms with Crippen molar-refractivity contribution in [2.75, 3.05) is 12.4 Å². The van der Waals surface area contributed by atoms with E-state index in [9.17, 15) is 0 Å². The van der Waals surface area contributed by atoms with E-state index >= 15 is 0 Å². The highest BCUT2D eigenvalue weighted by Gasteiger charge is 2.39. The molecular formula is C60H65NO. The summed E-state index contributed by atoms with van der Waals surface area (Å²) in [5.41, 5.74) is 12.8. The van der Waals surface area contributed by atoms with Crippen LogP contribution < -0.4 is 10.1 Å². The minimum absolute atomic E-state index is 0.0570. The average Bonchev–Trinajstić information content (AvgIpc) is 3.52. The van der Waals surface area contributed by atoms with Gasteiger partial charge in [-0.15, -0.1) is 0 Å². The van der Waals surface area contributed by atoms with Crippen molar-refractivity contribution in [3.8, 4) is 5.75 Å². The van der Waals surface area contributed by atoms with Crippen LogP contribution in [0, 0.1) is 5.41 Å². The SMILES string of the molecule is C/C=C\C.C=C/C=C1/C2=C(C=C(c3ccc4ccccc4c3)CC2)C(C)(C)/C1=C/C.C=C/C=C\C=C/C/C=C/C=C.C=C1/C=C\C=C(\c2ccc(NC)cc2)Oc2ccccc21. The summed E-state index contributed by atoms with van der Waals surface area (Å²) >= 11 is 0. The predicted octanol–water partition coefficient (Wildman–Crippen LogP) is 17.1. The van der Waals surface area contributed by atoms with Crippen molar-refractivity contribution in [1.82, 2.24) is 0 Å². The molecule has 316 valence electrons. The molecule has 1 aliphatic heterocycles. The topological polar surface area (TPSA) is 21.3 Å². The van der Waals surface area contributed by atoms with Crippen LogP contribution in [0.4, 0.5) is 5.69 Å². The van der Waals surface area contributed by atoms with Gasteiger partial charge in [0.2, 0.25) is 0 Å². The van der Waals surface area contributed by atoms with Gasteiger partial charge in [0.25, 0.3) is 0 Å². The van der Waals surface area contributed by atoms with Crippen LogP contribution in [0.25, 0.3) is 27.7 Å². The molecule has 0 bridgehead atoms. The number of fused-ring (bicyclic) bond motifs is 2. The van der Waals surface area contributed by atoms with Gasteiger partial charge in [-0.3, -0.25) is 0 Å². The minimum Gasteiger partial charge on any atom is -0.456 e. The fourth-order valence-electron chi connectivity index (χ4n) is 7.48. The Labute approximate surface area is 373 Å². The molecule has 3 aliphatic rings. The van der Waals surface area contributed by atoms with Crippen LogP contribution in [-0.2, 0) is 0 Å². The number of anilines is 1. The van der Waals surface area contributed by atoms with Gasteiger partial charge < -0.3 is 10.1 Å². The Morgan fingerprint density at radius 3 is 2.08 bits per heavy atom. The summed E-state index contributed by atoms with van der Waals surface area (Å²) < 4.78 is 6.10. The molecule has 2 heteroatoms. The van der Waals surface area contributed by atoms with Crippen molar-refractivity contribution in [1.29, 1.82) is 0 Å². The first-order chi connectivity index (χ1) is 30.2. The monoisotopic (exact) mass is 816 g/mol. The van der Waals surface area contributed by atoms with E-state index in [0.29, 0.717) is 0 Å². The Hall–Kier alpha value is -6.90. The van der Waals surface area contributed by atoms with Gasteiger partial charge >= 0.3 is 0 Å². The third-order valence-electron chi connectivity index (χ3n) is 10.8. The van der Waals surface area contributed by atoms with E-state index in [-0.39, 0.29) is 5.41 Å². The van der Waals surface area contributed by atoms with E-state index in [2.05, 4.69) is 119 Å². The summed E-state index contributed by atoms with van der Waals surface area (Å²) in [5, 5.41) is 5.74. The van der Waals surface area contributed by atoms with Gasteiger partial charge in [0.05, 0.1) is 0 Å². The zero-order valence-corrected chi connectivity index (χ0v) is 37.8. The first kappa shape index (κ1) is 47.8. The van der Waals surface area contributed by atoms with Gasteiger partial charge in [0.1, 0.15) is 11.5 Å². The number of benzene rings is 4. The smallest absolute Gasteiger partial charge is 0.135 e. The molecule has 1 heterocycles. The molecule has 0 fully saturated rings. The van der Waals surface area contributed by atoms with Crippen molar-refractivity contribution in [3.63, 3.8) is 0 Å². The van der Waals surface area contributed by atoms with Gasteiger partial charge in [-0.2, -0.15) is 0 Å². The molecule has 0 unspecified atom stereocenters. The molecule has 0 radical (unpaired) electrons. The first-order valence-corrected chi connectivity index (χ1v) is 21.5. The van der Waals surface area contributed by atoms with Crippen LogP contribution in [0.3, 0.4) is 0 Å². The second-order valence-electron chi connectivity index (χ2n) is 15.2. The highest BCUT2D eigenvalue weighted by atomic mass is 16.5. The number of rotatable bonds is 9. The summed E-state index contributed by atoms with van der Waals surface area (Å²) in [6, 6.07) is 31.6. The molecule has 4 aromatic rings. The highest BCUT2D eigenvalue weighted by molar-refractivity contribution is 5.87. The Kier molecular flexibility index (Phi) is 19.3. The fourth-order valence-corrected chi connectivity index (χ4v) is 7.48. The Morgan fingerprint density at radius 1 is 0.726 bits per heavy atom. The molecule has 0 aromatic heterocycles. The molecular weight excluding hydrogens is 751 g/mol. The fraction of sp³-hybridized carbons (Fsp3) is 0.167. The Morgan fingerprint density at radius 2 is 1.40 bits per heavy atom. The van der Waals surface area contributed by atoms with Crippen LogP contribution in [0.1, 0.15) is 70.6 Å². The summed E-state index contributed by atoms with van der Waals surface area (Å²) in [6.45, 7) is 26.0. The van der Waals surface area contributed by atoms with Gasteiger partial charge in [0.15, 0.2) is 0 Å². The molecule has 0 saturated carbocycles. The number of nitrogens with one attached hydrogen (secondary N) is 1. The third-order valence-corrected chi connectivity index (χ3v) is 10.8. The second-order valence-corrected chi connectivity index (χ2v) is 15.2. The number of hydrogen-bond donors (Lipinski definition) is 1. The minimum atomic E-state index is 0.0570. The van der Waals surface area contributed by atoms with E-state index in [0.717, 1.165) is 53.2 Å². The van der Waals surface area contributed by atoms with Gasteiger partial charge in [0, 0.05) is 29.3 Å². The molecule has 2 aliphatic carbocycles. The van der Waals surface area contributed by atoms with Crippen LogP contribution in [0.15, 0.2) is 243 Å².